The Bertz CT molecular complexity index is 705. The second kappa shape index (κ2) is 6.94. The lowest BCUT2D eigenvalue weighted by molar-refractivity contribution is 0.208. The predicted molar refractivity (Wildman–Crippen MR) is 87.8 cm³/mol. The van der Waals surface area contributed by atoms with Crippen LogP contribution in [0, 0.1) is 5.92 Å². The van der Waals surface area contributed by atoms with Crippen LogP contribution in [0.3, 0.4) is 0 Å². The molecule has 132 valence electrons. The summed E-state index contributed by atoms with van der Waals surface area (Å²) in [6.07, 6.45) is 4.45. The summed E-state index contributed by atoms with van der Waals surface area (Å²) in [4.78, 5) is 17.8. The van der Waals surface area contributed by atoms with E-state index in [4.69, 9.17) is 9.88 Å². The number of aromatic nitrogens is 1. The van der Waals surface area contributed by atoms with Gasteiger partial charge in [0.15, 0.2) is 0 Å². The number of nitrogens with zero attached hydrogens (tertiary/aromatic N) is 2. The number of hydrogen-bond donors (Lipinski definition) is 2. The first-order valence-electron chi connectivity index (χ1n) is 8.04. The Labute approximate surface area is 141 Å². The minimum Gasteiger partial charge on any atom is -0.477 e. The Morgan fingerprint density at radius 1 is 1.42 bits per heavy atom. The monoisotopic (exact) mass is 354 g/mol. The number of likely N-dealkylation sites (tertiary alicyclic amines) is 1. The molecule has 1 aromatic rings. The highest BCUT2D eigenvalue weighted by Crippen LogP contribution is 2.29. The van der Waals surface area contributed by atoms with Crippen molar-refractivity contribution in [3.63, 3.8) is 0 Å². The van der Waals surface area contributed by atoms with Crippen molar-refractivity contribution in [1.82, 2.24) is 15.2 Å². The smallest absolute Gasteiger partial charge is 0.317 e. The zero-order valence-electron chi connectivity index (χ0n) is 13.3. The maximum atomic E-state index is 12.1. The van der Waals surface area contributed by atoms with Crippen molar-refractivity contribution < 1.29 is 17.9 Å². The molecule has 3 N–H and O–H groups in total. The average Bonchev–Trinajstić information content (AvgIpc) is 3.23. The summed E-state index contributed by atoms with van der Waals surface area (Å²) in [7, 11) is -3.60. The number of sulfonamides is 1. The fourth-order valence-corrected chi connectivity index (χ4v) is 3.42. The Morgan fingerprint density at radius 3 is 2.88 bits per heavy atom. The highest BCUT2D eigenvalue weighted by atomic mass is 32.2. The van der Waals surface area contributed by atoms with Gasteiger partial charge in [-0.2, -0.15) is 0 Å². The molecule has 3 rings (SSSR count). The Hall–Kier alpha value is -1.87. The first kappa shape index (κ1) is 17.0. The molecule has 24 heavy (non-hydrogen) atoms. The normalized spacial score (nSPS) is 20.9. The lowest BCUT2D eigenvalue weighted by Crippen LogP contribution is -2.40. The van der Waals surface area contributed by atoms with Crippen LogP contribution in [-0.4, -0.2) is 49.3 Å². The van der Waals surface area contributed by atoms with Crippen LogP contribution in [0.4, 0.5) is 4.79 Å². The molecule has 2 heterocycles. The molecule has 1 aliphatic heterocycles. The summed E-state index contributed by atoms with van der Waals surface area (Å²) in [5, 5.41) is 7.24. The van der Waals surface area contributed by atoms with Crippen LogP contribution < -0.4 is 15.2 Å². The molecular weight excluding hydrogens is 332 g/mol. The van der Waals surface area contributed by atoms with Crippen molar-refractivity contribution >= 4 is 16.1 Å². The molecule has 1 saturated carbocycles. The summed E-state index contributed by atoms with van der Waals surface area (Å²) in [6.45, 7) is 1.54. The van der Waals surface area contributed by atoms with Gasteiger partial charge in [-0.25, -0.2) is 23.3 Å². The highest BCUT2D eigenvalue weighted by Gasteiger charge is 2.33. The predicted octanol–water partition coefficient (Wildman–Crippen LogP) is 0.443. The lowest BCUT2D eigenvalue weighted by atomic mass is 10.2. The number of amides is 2. The molecule has 0 spiro atoms. The molecule has 1 saturated heterocycles. The van der Waals surface area contributed by atoms with E-state index in [9.17, 15) is 13.2 Å². The van der Waals surface area contributed by atoms with Gasteiger partial charge in [0.2, 0.25) is 15.9 Å². The number of rotatable bonds is 6. The molecule has 2 fully saturated rings. The molecule has 0 bridgehead atoms. The van der Waals surface area contributed by atoms with Crippen LogP contribution in [0.5, 0.6) is 5.88 Å². The van der Waals surface area contributed by atoms with Crippen LogP contribution in [0.25, 0.3) is 0 Å². The van der Waals surface area contributed by atoms with E-state index in [-0.39, 0.29) is 12.6 Å². The van der Waals surface area contributed by atoms with Gasteiger partial charge in [0.25, 0.3) is 0 Å². The van der Waals surface area contributed by atoms with Gasteiger partial charge in [0, 0.05) is 31.9 Å². The number of nitrogens with one attached hydrogen (secondary N) is 1. The lowest BCUT2D eigenvalue weighted by Gasteiger charge is -2.17. The van der Waals surface area contributed by atoms with Gasteiger partial charge in [0.05, 0.1) is 11.9 Å². The SMILES string of the molecule is NS(=O)(=O)[C@H]1CCN(C(=O)NCc2ccnc(OCC3CC3)c2)C1. The third-order valence-corrected chi connectivity index (χ3v) is 5.62. The van der Waals surface area contributed by atoms with Crippen LogP contribution in [0.1, 0.15) is 24.8 Å². The summed E-state index contributed by atoms with van der Waals surface area (Å²) < 4.78 is 28.3. The van der Waals surface area contributed by atoms with Crippen LogP contribution in [-0.2, 0) is 16.6 Å². The van der Waals surface area contributed by atoms with E-state index in [2.05, 4.69) is 10.3 Å². The fourth-order valence-electron chi connectivity index (χ4n) is 2.60. The van der Waals surface area contributed by atoms with Gasteiger partial charge in [-0.1, -0.05) is 0 Å². The maximum Gasteiger partial charge on any atom is 0.317 e. The second-order valence-electron chi connectivity index (χ2n) is 6.36. The highest BCUT2D eigenvalue weighted by molar-refractivity contribution is 7.89. The molecule has 9 heteroatoms. The van der Waals surface area contributed by atoms with Gasteiger partial charge < -0.3 is 15.0 Å². The Morgan fingerprint density at radius 2 is 2.21 bits per heavy atom. The molecule has 1 aromatic heterocycles. The zero-order chi connectivity index (χ0) is 17.2. The van der Waals surface area contributed by atoms with Crippen molar-refractivity contribution in [1.29, 1.82) is 0 Å². The van der Waals surface area contributed by atoms with Gasteiger partial charge in [-0.15, -0.1) is 0 Å². The quantitative estimate of drug-likeness (QED) is 0.769. The summed E-state index contributed by atoms with van der Waals surface area (Å²) in [5.74, 6) is 1.21. The van der Waals surface area contributed by atoms with E-state index >= 15 is 0 Å². The number of pyridine rings is 1. The summed E-state index contributed by atoms with van der Waals surface area (Å²) >= 11 is 0. The van der Waals surface area contributed by atoms with Crippen molar-refractivity contribution in [2.24, 2.45) is 11.1 Å². The number of urea groups is 1. The third-order valence-electron chi connectivity index (χ3n) is 4.30. The standard InChI is InChI=1S/C15H22N4O4S/c16-24(21,22)13-4-6-19(9-13)15(20)18-8-12-3-5-17-14(7-12)23-10-11-1-2-11/h3,5,7,11,13H,1-2,4,6,8-10H2,(H,18,20)(H2,16,21,22)/t13-/m0/s1. The fraction of sp³-hybridized carbons (Fsp3) is 0.600. The molecular formula is C15H22N4O4S. The number of primary sulfonamides is 1. The minimum atomic E-state index is -3.60. The van der Waals surface area contributed by atoms with E-state index < -0.39 is 15.3 Å². The first-order valence-corrected chi connectivity index (χ1v) is 9.65. The number of ether oxygens (including phenoxy) is 1. The molecule has 1 atom stereocenters. The first-order chi connectivity index (χ1) is 11.4. The molecule has 0 aromatic carbocycles. The molecule has 1 aliphatic carbocycles. The largest absolute Gasteiger partial charge is 0.477 e. The average molecular weight is 354 g/mol. The third kappa shape index (κ3) is 4.57. The molecule has 0 unspecified atom stereocenters. The summed E-state index contributed by atoms with van der Waals surface area (Å²) in [5.41, 5.74) is 0.881. The molecule has 2 amide bonds. The van der Waals surface area contributed by atoms with Crippen LogP contribution in [0.2, 0.25) is 0 Å². The van der Waals surface area contributed by atoms with E-state index in [0.717, 1.165) is 5.56 Å². The van der Waals surface area contributed by atoms with Gasteiger partial charge in [-0.3, -0.25) is 0 Å². The molecule has 0 radical (unpaired) electrons. The van der Waals surface area contributed by atoms with Crippen molar-refractivity contribution in [3.05, 3.63) is 23.9 Å². The Balaban J connectivity index is 1.48. The number of nitrogens with two attached hydrogens (primary N) is 1. The van der Waals surface area contributed by atoms with E-state index in [1.807, 2.05) is 0 Å². The zero-order valence-corrected chi connectivity index (χ0v) is 14.2. The van der Waals surface area contributed by atoms with Crippen molar-refractivity contribution in [2.45, 2.75) is 31.1 Å². The van der Waals surface area contributed by atoms with Crippen LogP contribution >= 0.6 is 0 Å². The number of carbonyl (C=O) groups is 1. The molecule has 8 nitrogen and oxygen atoms in total. The van der Waals surface area contributed by atoms with Crippen molar-refractivity contribution in [2.75, 3.05) is 19.7 Å². The van der Waals surface area contributed by atoms with E-state index in [0.29, 0.717) is 37.9 Å². The van der Waals surface area contributed by atoms with Gasteiger partial charge >= 0.3 is 6.03 Å². The summed E-state index contributed by atoms with van der Waals surface area (Å²) in [6, 6.07) is 3.32. The van der Waals surface area contributed by atoms with E-state index in [1.165, 1.54) is 17.7 Å². The number of hydrogen-bond acceptors (Lipinski definition) is 5. The number of carbonyl (C=O) groups excluding carboxylic acids is 1. The second-order valence-corrected chi connectivity index (χ2v) is 8.21. The van der Waals surface area contributed by atoms with Gasteiger partial charge in [0.1, 0.15) is 0 Å². The Kier molecular flexibility index (Phi) is 4.91. The van der Waals surface area contributed by atoms with Crippen LogP contribution in [0.15, 0.2) is 18.3 Å². The van der Waals surface area contributed by atoms with E-state index in [1.54, 1.807) is 18.3 Å². The van der Waals surface area contributed by atoms with Crippen molar-refractivity contribution in [3.8, 4) is 5.88 Å². The molecule has 2 aliphatic rings. The minimum absolute atomic E-state index is 0.136. The maximum absolute atomic E-state index is 12.1. The van der Waals surface area contributed by atoms with Gasteiger partial charge in [-0.05, 0) is 36.8 Å². The topological polar surface area (TPSA) is 115 Å².